The van der Waals surface area contributed by atoms with E-state index in [1.807, 2.05) is 41.3 Å². The first kappa shape index (κ1) is 20.2. The van der Waals surface area contributed by atoms with E-state index in [2.05, 4.69) is 45.1 Å². The number of rotatable bonds is 8. The molecule has 4 heteroatoms. The van der Waals surface area contributed by atoms with Crippen LogP contribution in [0.3, 0.4) is 0 Å². The van der Waals surface area contributed by atoms with Gasteiger partial charge in [0.05, 0.1) is 12.2 Å². The van der Waals surface area contributed by atoms with E-state index in [0.717, 1.165) is 54.9 Å². The molecular formula is C24H32N2O2. The van der Waals surface area contributed by atoms with Gasteiger partial charge in [-0.15, -0.1) is 0 Å². The van der Waals surface area contributed by atoms with Gasteiger partial charge in [-0.2, -0.15) is 0 Å². The molecule has 0 aliphatic carbocycles. The van der Waals surface area contributed by atoms with E-state index in [9.17, 15) is 4.79 Å². The molecule has 2 unspecified atom stereocenters. The highest BCUT2D eigenvalue weighted by molar-refractivity contribution is 6.02. The zero-order valence-electron chi connectivity index (χ0n) is 17.5. The molecule has 1 aliphatic heterocycles. The molecule has 4 nitrogen and oxygen atoms in total. The van der Waals surface area contributed by atoms with E-state index in [4.69, 9.17) is 4.74 Å². The van der Waals surface area contributed by atoms with Crippen LogP contribution in [0.4, 0.5) is 5.69 Å². The third kappa shape index (κ3) is 3.60. The fourth-order valence-corrected chi connectivity index (χ4v) is 3.96. The number of unbranched alkanes of at least 4 members (excludes halogenated alkanes) is 1. The zero-order valence-corrected chi connectivity index (χ0v) is 17.5. The van der Waals surface area contributed by atoms with Crippen molar-refractivity contribution in [2.24, 2.45) is 0 Å². The lowest BCUT2D eigenvalue weighted by atomic mass is 9.88. The summed E-state index contributed by atoms with van der Waals surface area (Å²) >= 11 is 0. The lowest BCUT2D eigenvalue weighted by molar-refractivity contribution is 0.0335. The molecule has 0 spiro atoms. The highest BCUT2D eigenvalue weighted by Gasteiger charge is 2.46. The average molecular weight is 381 g/mol. The first-order valence-electron chi connectivity index (χ1n) is 10.5. The summed E-state index contributed by atoms with van der Waals surface area (Å²) in [6.07, 6.45) is 3.84. The van der Waals surface area contributed by atoms with Crippen LogP contribution in [0.25, 0.3) is 0 Å². The topological polar surface area (TPSA) is 41.6 Å². The zero-order chi connectivity index (χ0) is 20.1. The second kappa shape index (κ2) is 8.68. The summed E-state index contributed by atoms with van der Waals surface area (Å²) in [4.78, 5) is 15.5. The van der Waals surface area contributed by atoms with Crippen molar-refractivity contribution in [3.05, 3.63) is 59.7 Å². The molecule has 150 valence electrons. The fraction of sp³-hybridized carbons (Fsp3) is 0.458. The molecule has 2 atom stereocenters. The number of ether oxygens (including phenoxy) is 1. The number of hydrogen-bond acceptors (Lipinski definition) is 3. The minimum atomic E-state index is -0.567. The Labute approximate surface area is 168 Å². The van der Waals surface area contributed by atoms with Crippen molar-refractivity contribution in [1.82, 2.24) is 4.90 Å². The molecule has 0 saturated carbocycles. The predicted octanol–water partition coefficient (Wildman–Crippen LogP) is 5.79. The monoisotopic (exact) mass is 380 g/mol. The van der Waals surface area contributed by atoms with Crippen molar-refractivity contribution in [2.75, 3.05) is 11.9 Å². The Kier molecular flexibility index (Phi) is 6.28. The molecule has 2 aromatic rings. The van der Waals surface area contributed by atoms with Crippen LogP contribution < -0.4 is 10.1 Å². The van der Waals surface area contributed by atoms with Crippen molar-refractivity contribution in [1.29, 1.82) is 0 Å². The van der Waals surface area contributed by atoms with Gasteiger partial charge in [0.1, 0.15) is 11.4 Å². The molecule has 28 heavy (non-hydrogen) atoms. The number of carbonyl (C=O) groups is 1. The lowest BCUT2D eigenvalue weighted by Gasteiger charge is -2.51. The second-order valence-corrected chi connectivity index (χ2v) is 7.54. The Balaban J connectivity index is 2.02. The van der Waals surface area contributed by atoms with Crippen LogP contribution in [-0.2, 0) is 5.66 Å². The van der Waals surface area contributed by atoms with Crippen LogP contribution in [0.5, 0.6) is 5.75 Å². The maximum absolute atomic E-state index is 13.5. The van der Waals surface area contributed by atoms with Gasteiger partial charge in [0.25, 0.3) is 5.91 Å². The van der Waals surface area contributed by atoms with Crippen LogP contribution in [0.1, 0.15) is 69.3 Å². The first-order valence-corrected chi connectivity index (χ1v) is 10.5. The molecule has 1 aliphatic rings. The van der Waals surface area contributed by atoms with E-state index in [1.54, 1.807) is 0 Å². The average Bonchev–Trinajstić information content (AvgIpc) is 2.73. The van der Waals surface area contributed by atoms with Crippen molar-refractivity contribution in [2.45, 2.75) is 65.1 Å². The summed E-state index contributed by atoms with van der Waals surface area (Å²) in [7, 11) is 0. The number of fused-ring (bicyclic) bond motifs is 1. The van der Waals surface area contributed by atoms with E-state index in [0.29, 0.717) is 0 Å². The maximum atomic E-state index is 13.5. The number of nitrogens with one attached hydrogen (secondary N) is 1. The molecule has 1 N–H and O–H groups in total. The van der Waals surface area contributed by atoms with Crippen LogP contribution >= 0.6 is 0 Å². The summed E-state index contributed by atoms with van der Waals surface area (Å²) in [6, 6.07) is 16.1. The number of benzene rings is 2. The van der Waals surface area contributed by atoms with Gasteiger partial charge in [-0.3, -0.25) is 4.79 Å². The molecule has 2 aromatic carbocycles. The Morgan fingerprint density at radius 3 is 2.43 bits per heavy atom. The normalized spacial score (nSPS) is 19.7. The third-order valence-electron chi connectivity index (χ3n) is 5.77. The van der Waals surface area contributed by atoms with Crippen molar-refractivity contribution in [3.8, 4) is 5.75 Å². The molecule has 1 amide bonds. The minimum absolute atomic E-state index is 0.0915. The SMILES string of the molecule is CCCCOc1ccc(C2(CC)Nc3ccccc3C(=O)N2C(C)CC)cc1. The number of hydrogen-bond donors (Lipinski definition) is 1. The summed E-state index contributed by atoms with van der Waals surface area (Å²) in [6.45, 7) is 9.28. The van der Waals surface area contributed by atoms with E-state index < -0.39 is 5.66 Å². The van der Waals surface area contributed by atoms with Gasteiger partial charge in [-0.1, -0.05) is 51.5 Å². The maximum Gasteiger partial charge on any atom is 0.258 e. The van der Waals surface area contributed by atoms with Gasteiger partial charge in [-0.25, -0.2) is 0 Å². The molecule has 0 fully saturated rings. The first-order chi connectivity index (χ1) is 13.6. The van der Waals surface area contributed by atoms with Gasteiger partial charge in [0, 0.05) is 11.7 Å². The van der Waals surface area contributed by atoms with Crippen molar-refractivity contribution < 1.29 is 9.53 Å². The smallest absolute Gasteiger partial charge is 0.258 e. The van der Waals surface area contributed by atoms with Gasteiger partial charge in [0.15, 0.2) is 0 Å². The second-order valence-electron chi connectivity index (χ2n) is 7.54. The largest absolute Gasteiger partial charge is 0.494 e. The lowest BCUT2D eigenvalue weighted by Crippen LogP contribution is -2.60. The van der Waals surface area contributed by atoms with Gasteiger partial charge >= 0.3 is 0 Å². The minimum Gasteiger partial charge on any atom is -0.494 e. The number of anilines is 1. The van der Waals surface area contributed by atoms with Gasteiger partial charge in [-0.05, 0) is 56.0 Å². The molecule has 3 rings (SSSR count). The fourth-order valence-electron chi connectivity index (χ4n) is 3.96. The van der Waals surface area contributed by atoms with Gasteiger partial charge < -0.3 is 15.0 Å². The van der Waals surface area contributed by atoms with Gasteiger partial charge in [0.2, 0.25) is 0 Å². The Bertz CT molecular complexity index is 803. The number of para-hydroxylation sites is 1. The molecule has 0 radical (unpaired) electrons. The Morgan fingerprint density at radius 1 is 1.07 bits per heavy atom. The van der Waals surface area contributed by atoms with Crippen LogP contribution in [0.2, 0.25) is 0 Å². The van der Waals surface area contributed by atoms with E-state index >= 15 is 0 Å². The van der Waals surface area contributed by atoms with Crippen molar-refractivity contribution in [3.63, 3.8) is 0 Å². The number of carbonyl (C=O) groups excluding carboxylic acids is 1. The quantitative estimate of drug-likeness (QED) is 0.589. The van der Waals surface area contributed by atoms with E-state index in [-0.39, 0.29) is 11.9 Å². The summed E-state index contributed by atoms with van der Waals surface area (Å²) in [5.74, 6) is 0.968. The summed E-state index contributed by atoms with van der Waals surface area (Å²) in [5.41, 5.74) is 2.16. The van der Waals surface area contributed by atoms with Crippen LogP contribution in [-0.4, -0.2) is 23.5 Å². The predicted molar refractivity (Wildman–Crippen MR) is 115 cm³/mol. The molecular weight excluding hydrogens is 348 g/mol. The molecule has 0 aromatic heterocycles. The van der Waals surface area contributed by atoms with Crippen LogP contribution in [0.15, 0.2) is 48.5 Å². The standard InChI is InChI=1S/C24H32N2O2/c1-5-8-17-28-20-15-13-19(14-16-20)24(7-3)25-22-12-10-9-11-21(22)23(27)26(24)18(4)6-2/h9-16,18,25H,5-8,17H2,1-4H3. The highest BCUT2D eigenvalue weighted by Crippen LogP contribution is 2.42. The molecule has 1 heterocycles. The summed E-state index contributed by atoms with van der Waals surface area (Å²) in [5, 5.41) is 3.71. The molecule has 0 bridgehead atoms. The third-order valence-corrected chi connectivity index (χ3v) is 5.77. The number of amides is 1. The Hall–Kier alpha value is -2.49. The Morgan fingerprint density at radius 2 is 1.79 bits per heavy atom. The molecule has 0 saturated heterocycles. The van der Waals surface area contributed by atoms with E-state index in [1.165, 1.54) is 0 Å². The summed E-state index contributed by atoms with van der Waals surface area (Å²) < 4.78 is 5.83. The highest BCUT2D eigenvalue weighted by atomic mass is 16.5. The number of nitrogens with zero attached hydrogens (tertiary/aromatic N) is 1. The van der Waals surface area contributed by atoms with Crippen molar-refractivity contribution >= 4 is 11.6 Å². The van der Waals surface area contributed by atoms with Crippen LogP contribution in [0, 0.1) is 0 Å².